The minimum absolute atomic E-state index is 0.0710. The van der Waals surface area contributed by atoms with E-state index >= 15 is 0 Å². The largest absolute Gasteiger partial charge is 0.465 e. The third kappa shape index (κ3) is 5.47. The third-order valence-corrected chi connectivity index (χ3v) is 4.86. The molecule has 31 heavy (non-hydrogen) atoms. The smallest absolute Gasteiger partial charge is 0.320 e. The van der Waals surface area contributed by atoms with Crippen molar-refractivity contribution in [1.29, 1.82) is 0 Å². The van der Waals surface area contributed by atoms with E-state index in [0.717, 1.165) is 11.1 Å². The Morgan fingerprint density at radius 1 is 0.806 bits per heavy atom. The van der Waals surface area contributed by atoms with Crippen molar-refractivity contribution in [1.82, 2.24) is 9.97 Å². The number of halogens is 1. The number of hydrogen-bond acceptors (Lipinski definition) is 6. The van der Waals surface area contributed by atoms with E-state index in [-0.39, 0.29) is 24.8 Å². The van der Waals surface area contributed by atoms with E-state index in [1.165, 1.54) is 0 Å². The molecule has 0 aliphatic heterocycles. The van der Waals surface area contributed by atoms with Crippen LogP contribution in [0.4, 0.5) is 0 Å². The van der Waals surface area contributed by atoms with Gasteiger partial charge in [-0.05, 0) is 13.8 Å². The van der Waals surface area contributed by atoms with Gasteiger partial charge in [0, 0.05) is 17.5 Å². The molecule has 0 fully saturated rings. The zero-order valence-electron chi connectivity index (χ0n) is 17.4. The van der Waals surface area contributed by atoms with Crippen LogP contribution in [-0.4, -0.2) is 35.1 Å². The summed E-state index contributed by atoms with van der Waals surface area (Å²) in [6.45, 7) is 3.65. The maximum atomic E-state index is 12.4. The second-order valence-corrected chi connectivity index (χ2v) is 7.01. The number of ether oxygens (including phenoxy) is 2. The Bertz CT molecular complexity index is 1020. The summed E-state index contributed by atoms with van der Waals surface area (Å²) in [4.78, 5) is 34.1. The van der Waals surface area contributed by atoms with E-state index in [2.05, 4.69) is 4.98 Å². The average Bonchev–Trinajstić information content (AvgIpc) is 2.79. The number of carbonyl (C=O) groups excluding carboxylic acids is 2. The maximum Gasteiger partial charge on any atom is 0.320 e. The van der Waals surface area contributed by atoms with Crippen molar-refractivity contribution >= 4 is 23.5 Å². The fourth-order valence-electron chi connectivity index (χ4n) is 3.12. The van der Waals surface area contributed by atoms with Gasteiger partial charge < -0.3 is 9.47 Å². The highest BCUT2D eigenvalue weighted by Crippen LogP contribution is 2.32. The zero-order valence-corrected chi connectivity index (χ0v) is 18.1. The molecular formula is C24H23ClN2O4. The molecule has 0 amide bonds. The summed E-state index contributed by atoms with van der Waals surface area (Å²) in [5.74, 6) is -2.52. The predicted octanol–water partition coefficient (Wildman–Crippen LogP) is 4.75. The molecular weight excluding hydrogens is 416 g/mol. The van der Waals surface area contributed by atoms with E-state index < -0.39 is 17.9 Å². The van der Waals surface area contributed by atoms with Crippen LogP contribution in [0.1, 0.15) is 19.5 Å². The molecule has 0 bridgehead atoms. The lowest BCUT2D eigenvalue weighted by atomic mass is 10.0. The first-order valence-electron chi connectivity index (χ1n) is 10.1. The Balaban J connectivity index is 2.08. The first-order chi connectivity index (χ1) is 15.0. The van der Waals surface area contributed by atoms with Gasteiger partial charge in [-0.1, -0.05) is 72.3 Å². The number of esters is 2. The first kappa shape index (κ1) is 22.4. The van der Waals surface area contributed by atoms with E-state index in [1.807, 2.05) is 60.7 Å². The van der Waals surface area contributed by atoms with Gasteiger partial charge in [0.05, 0.1) is 30.3 Å². The lowest BCUT2D eigenvalue weighted by Gasteiger charge is -2.16. The zero-order chi connectivity index (χ0) is 22.2. The maximum absolute atomic E-state index is 12.4. The number of nitrogens with zero attached hydrogens (tertiary/aromatic N) is 2. The summed E-state index contributed by atoms with van der Waals surface area (Å²) in [5, 5.41) is 0.122. The van der Waals surface area contributed by atoms with E-state index in [0.29, 0.717) is 17.1 Å². The molecule has 0 unspecified atom stereocenters. The minimum Gasteiger partial charge on any atom is -0.465 e. The molecule has 0 saturated heterocycles. The molecule has 0 spiro atoms. The SMILES string of the molecule is CCOC(=O)C(Cc1nc(-c2ccccc2)c(-c2ccccc2)nc1Cl)C(=O)OCC. The van der Waals surface area contributed by atoms with Crippen LogP contribution in [0.5, 0.6) is 0 Å². The predicted molar refractivity (Wildman–Crippen MR) is 118 cm³/mol. The Morgan fingerprint density at radius 2 is 1.26 bits per heavy atom. The number of hydrogen-bond donors (Lipinski definition) is 0. The summed E-state index contributed by atoms with van der Waals surface area (Å²) in [6, 6.07) is 19.1. The van der Waals surface area contributed by atoms with Crippen molar-refractivity contribution in [2.24, 2.45) is 5.92 Å². The second kappa shape index (κ2) is 10.7. The van der Waals surface area contributed by atoms with Gasteiger partial charge in [-0.15, -0.1) is 0 Å². The highest BCUT2D eigenvalue weighted by molar-refractivity contribution is 6.30. The van der Waals surface area contributed by atoms with Crippen molar-refractivity contribution < 1.29 is 19.1 Å². The molecule has 3 aromatic rings. The van der Waals surface area contributed by atoms with Gasteiger partial charge in [-0.25, -0.2) is 9.97 Å². The first-order valence-corrected chi connectivity index (χ1v) is 10.4. The van der Waals surface area contributed by atoms with Crippen molar-refractivity contribution in [3.8, 4) is 22.5 Å². The van der Waals surface area contributed by atoms with Crippen molar-refractivity contribution in [2.75, 3.05) is 13.2 Å². The van der Waals surface area contributed by atoms with Crippen LogP contribution >= 0.6 is 11.6 Å². The second-order valence-electron chi connectivity index (χ2n) is 6.65. The summed E-state index contributed by atoms with van der Waals surface area (Å²) >= 11 is 6.47. The summed E-state index contributed by atoms with van der Waals surface area (Å²) in [6.07, 6.45) is -0.0710. The van der Waals surface area contributed by atoms with Crippen LogP contribution in [0.25, 0.3) is 22.5 Å². The fourth-order valence-corrected chi connectivity index (χ4v) is 3.32. The molecule has 1 aromatic heterocycles. The van der Waals surface area contributed by atoms with Crippen molar-refractivity contribution in [2.45, 2.75) is 20.3 Å². The molecule has 6 nitrogen and oxygen atoms in total. The van der Waals surface area contributed by atoms with Gasteiger partial charge in [-0.3, -0.25) is 9.59 Å². The Labute approximate surface area is 186 Å². The minimum atomic E-state index is -1.17. The average molecular weight is 439 g/mol. The molecule has 0 N–H and O–H groups in total. The quantitative estimate of drug-likeness (QED) is 0.373. The number of carbonyl (C=O) groups is 2. The molecule has 0 saturated carbocycles. The Hall–Kier alpha value is -3.25. The summed E-state index contributed by atoms with van der Waals surface area (Å²) in [7, 11) is 0. The molecule has 7 heteroatoms. The van der Waals surface area contributed by atoms with Crippen LogP contribution in [0.15, 0.2) is 60.7 Å². The van der Waals surface area contributed by atoms with Gasteiger partial charge in [0.2, 0.25) is 0 Å². The number of benzene rings is 2. The van der Waals surface area contributed by atoms with Crippen LogP contribution in [0, 0.1) is 5.92 Å². The van der Waals surface area contributed by atoms with E-state index in [9.17, 15) is 9.59 Å². The Morgan fingerprint density at radius 3 is 1.71 bits per heavy atom. The highest BCUT2D eigenvalue weighted by Gasteiger charge is 2.32. The standard InChI is InChI=1S/C24H23ClN2O4/c1-3-30-23(28)18(24(29)31-4-2)15-19-22(25)27-21(17-13-9-6-10-14-17)20(26-19)16-11-7-5-8-12-16/h5-14,18H,3-4,15H2,1-2H3. The monoisotopic (exact) mass is 438 g/mol. The van der Waals surface area contributed by atoms with E-state index in [1.54, 1.807) is 13.8 Å². The van der Waals surface area contributed by atoms with Crippen LogP contribution in [-0.2, 0) is 25.5 Å². The molecule has 2 aromatic carbocycles. The lowest BCUT2D eigenvalue weighted by molar-refractivity contribution is -0.161. The molecule has 0 atom stereocenters. The van der Waals surface area contributed by atoms with Gasteiger partial charge >= 0.3 is 11.9 Å². The number of rotatable bonds is 8. The van der Waals surface area contributed by atoms with Gasteiger partial charge in [0.25, 0.3) is 0 Å². The third-order valence-electron chi connectivity index (χ3n) is 4.55. The van der Waals surface area contributed by atoms with Gasteiger partial charge in [0.15, 0.2) is 11.1 Å². The number of aromatic nitrogens is 2. The summed E-state index contributed by atoms with van der Waals surface area (Å²) in [5.41, 5.74) is 3.25. The highest BCUT2D eigenvalue weighted by atomic mass is 35.5. The fraction of sp³-hybridized carbons (Fsp3) is 0.250. The summed E-state index contributed by atoms with van der Waals surface area (Å²) < 4.78 is 10.1. The van der Waals surface area contributed by atoms with Gasteiger partial charge in [0.1, 0.15) is 0 Å². The molecule has 1 heterocycles. The molecule has 0 aliphatic rings. The Kier molecular flexibility index (Phi) is 7.73. The molecule has 0 aliphatic carbocycles. The topological polar surface area (TPSA) is 78.4 Å². The van der Waals surface area contributed by atoms with Crippen LogP contribution in [0.3, 0.4) is 0 Å². The van der Waals surface area contributed by atoms with Gasteiger partial charge in [-0.2, -0.15) is 0 Å². The molecule has 3 rings (SSSR count). The van der Waals surface area contributed by atoms with Crippen molar-refractivity contribution in [3.63, 3.8) is 0 Å². The molecule has 160 valence electrons. The van der Waals surface area contributed by atoms with Crippen molar-refractivity contribution in [3.05, 3.63) is 71.5 Å². The normalized spacial score (nSPS) is 10.7. The molecule has 0 radical (unpaired) electrons. The van der Waals surface area contributed by atoms with Crippen LogP contribution < -0.4 is 0 Å². The van der Waals surface area contributed by atoms with E-state index in [4.69, 9.17) is 26.1 Å². The van der Waals surface area contributed by atoms with Crippen LogP contribution in [0.2, 0.25) is 5.15 Å². The lowest BCUT2D eigenvalue weighted by Crippen LogP contribution is -2.30.